The number of nitrogens with zero attached hydrogens (tertiary/aromatic N) is 1. The van der Waals surface area contributed by atoms with E-state index in [-0.39, 0.29) is 9.77 Å². The average Bonchev–Trinajstić information content (AvgIpc) is 3.37. The number of nitrogens with one attached hydrogen (secondary N) is 1. The Morgan fingerprint density at radius 1 is 1.13 bits per heavy atom. The minimum Gasteiger partial charge on any atom is -0.468 e. The molecule has 0 spiro atoms. The number of benzene rings is 2. The Labute approximate surface area is 192 Å². The maximum absolute atomic E-state index is 12.7. The number of halogens is 1. The van der Waals surface area contributed by atoms with E-state index in [4.69, 9.17) is 16.0 Å². The average molecular weight is 495 g/mol. The maximum Gasteiger partial charge on any atom is 0.308 e. The lowest BCUT2D eigenvalue weighted by molar-refractivity contribution is 0.530. The summed E-state index contributed by atoms with van der Waals surface area (Å²) in [5.74, 6) is 2.17. The van der Waals surface area contributed by atoms with Crippen LogP contribution in [0.4, 0.5) is 0 Å². The van der Waals surface area contributed by atoms with Gasteiger partial charge in [-0.1, -0.05) is 35.1 Å². The highest BCUT2D eigenvalue weighted by atomic mass is 35.5. The van der Waals surface area contributed by atoms with Crippen molar-refractivity contribution in [2.75, 3.05) is 12.3 Å². The van der Waals surface area contributed by atoms with Crippen molar-refractivity contribution in [1.82, 2.24) is 9.29 Å². The van der Waals surface area contributed by atoms with Crippen molar-refractivity contribution in [3.8, 4) is 0 Å². The molecular formula is C21H19ClN2O4S3. The molecule has 0 saturated heterocycles. The summed E-state index contributed by atoms with van der Waals surface area (Å²) in [5, 5.41) is 0.632. The molecule has 0 aliphatic heterocycles. The first-order valence-electron chi connectivity index (χ1n) is 9.40. The van der Waals surface area contributed by atoms with Gasteiger partial charge in [0.1, 0.15) is 5.76 Å². The summed E-state index contributed by atoms with van der Waals surface area (Å²) in [5.41, 5.74) is 1.65. The second-order valence-electron chi connectivity index (χ2n) is 6.74. The molecule has 0 atom stereocenters. The van der Waals surface area contributed by atoms with Gasteiger partial charge in [-0.05, 0) is 48.0 Å². The molecule has 0 unspecified atom stereocenters. The van der Waals surface area contributed by atoms with E-state index in [9.17, 15) is 13.2 Å². The number of rotatable bonds is 9. The first-order chi connectivity index (χ1) is 14.9. The minimum atomic E-state index is -3.66. The lowest BCUT2D eigenvalue weighted by Gasteiger charge is -2.08. The van der Waals surface area contributed by atoms with Gasteiger partial charge in [-0.3, -0.25) is 9.36 Å². The Morgan fingerprint density at radius 3 is 2.68 bits per heavy atom. The van der Waals surface area contributed by atoms with E-state index in [1.807, 2.05) is 24.3 Å². The first-order valence-corrected chi connectivity index (χ1v) is 13.2. The van der Waals surface area contributed by atoms with Crippen LogP contribution in [0.1, 0.15) is 11.3 Å². The quantitative estimate of drug-likeness (QED) is 0.345. The summed E-state index contributed by atoms with van der Waals surface area (Å²) in [6, 6.07) is 15.8. The first kappa shape index (κ1) is 22.2. The molecule has 2 heterocycles. The molecule has 4 aromatic rings. The molecule has 2 aromatic heterocycles. The van der Waals surface area contributed by atoms with E-state index in [0.29, 0.717) is 39.8 Å². The molecule has 0 aliphatic rings. The number of thiazole rings is 1. The largest absolute Gasteiger partial charge is 0.468 e. The lowest BCUT2D eigenvalue weighted by atomic mass is 10.2. The van der Waals surface area contributed by atoms with Crippen LogP contribution >= 0.6 is 34.7 Å². The monoisotopic (exact) mass is 494 g/mol. The molecule has 0 bridgehead atoms. The molecule has 0 aliphatic carbocycles. The highest BCUT2D eigenvalue weighted by Crippen LogP contribution is 2.23. The number of sulfonamides is 1. The third-order valence-corrected chi connectivity index (χ3v) is 8.20. The molecule has 0 amide bonds. The van der Waals surface area contributed by atoms with E-state index >= 15 is 0 Å². The zero-order valence-electron chi connectivity index (χ0n) is 16.3. The molecule has 162 valence electrons. The Morgan fingerprint density at radius 2 is 1.94 bits per heavy atom. The Balaban J connectivity index is 1.44. The summed E-state index contributed by atoms with van der Waals surface area (Å²) in [6.45, 7) is 0.701. The second kappa shape index (κ2) is 9.62. The fourth-order valence-corrected chi connectivity index (χ4v) is 6.11. The second-order valence-corrected chi connectivity index (χ2v) is 11.0. The van der Waals surface area contributed by atoms with Crippen LogP contribution in [0.2, 0.25) is 5.02 Å². The van der Waals surface area contributed by atoms with E-state index in [0.717, 1.165) is 22.7 Å². The molecule has 6 nitrogen and oxygen atoms in total. The van der Waals surface area contributed by atoms with Gasteiger partial charge in [-0.15, -0.1) is 0 Å². The highest BCUT2D eigenvalue weighted by Gasteiger charge is 2.16. The number of furan rings is 1. The van der Waals surface area contributed by atoms with Crippen LogP contribution < -0.4 is 9.60 Å². The van der Waals surface area contributed by atoms with E-state index in [1.165, 1.54) is 6.07 Å². The van der Waals surface area contributed by atoms with Gasteiger partial charge < -0.3 is 4.42 Å². The molecule has 1 N–H and O–H groups in total. The van der Waals surface area contributed by atoms with Gasteiger partial charge in [-0.25, -0.2) is 13.1 Å². The van der Waals surface area contributed by atoms with Gasteiger partial charge in [0.05, 0.1) is 33.7 Å². The van der Waals surface area contributed by atoms with Crippen molar-refractivity contribution in [3.63, 3.8) is 0 Å². The molecule has 4 rings (SSSR count). The third-order valence-electron chi connectivity index (χ3n) is 4.57. The van der Waals surface area contributed by atoms with Crippen molar-refractivity contribution in [3.05, 3.63) is 86.9 Å². The Kier molecular flexibility index (Phi) is 6.88. The summed E-state index contributed by atoms with van der Waals surface area (Å²) < 4.78 is 35.4. The van der Waals surface area contributed by atoms with Gasteiger partial charge in [-0.2, -0.15) is 11.8 Å². The van der Waals surface area contributed by atoms with Gasteiger partial charge in [0.15, 0.2) is 0 Å². The van der Waals surface area contributed by atoms with Crippen molar-refractivity contribution in [2.45, 2.75) is 17.2 Å². The zero-order chi connectivity index (χ0) is 21.8. The van der Waals surface area contributed by atoms with Crippen LogP contribution in [0.5, 0.6) is 0 Å². The predicted molar refractivity (Wildman–Crippen MR) is 127 cm³/mol. The van der Waals surface area contributed by atoms with Crippen LogP contribution in [-0.2, 0) is 22.3 Å². The number of aromatic nitrogens is 1. The summed E-state index contributed by atoms with van der Waals surface area (Å²) in [4.78, 5) is 12.5. The number of thioether (sulfide) groups is 1. The van der Waals surface area contributed by atoms with Crippen molar-refractivity contribution < 1.29 is 12.8 Å². The molecule has 31 heavy (non-hydrogen) atoms. The number of hydrogen-bond acceptors (Lipinski definition) is 6. The van der Waals surface area contributed by atoms with Crippen LogP contribution in [0.25, 0.3) is 10.2 Å². The van der Waals surface area contributed by atoms with E-state index in [1.54, 1.807) is 46.9 Å². The Bertz CT molecular complexity index is 1330. The standard InChI is InChI=1S/C21H19ClN2O4S3/c22-16-5-3-15(4-6-16)13-24-19-8-7-18(12-20(19)30-21(24)25)31(26,27)23-9-11-29-14-17-2-1-10-28-17/h1-8,10,12,23H,9,11,13-14H2. The molecule has 0 radical (unpaired) electrons. The van der Waals surface area contributed by atoms with Crippen LogP contribution in [0, 0.1) is 0 Å². The molecular weight excluding hydrogens is 476 g/mol. The molecule has 0 fully saturated rings. The van der Waals surface area contributed by atoms with Crippen molar-refractivity contribution in [1.29, 1.82) is 0 Å². The number of fused-ring (bicyclic) bond motifs is 1. The fourth-order valence-electron chi connectivity index (χ4n) is 3.03. The summed E-state index contributed by atoms with van der Waals surface area (Å²) in [6.07, 6.45) is 1.62. The SMILES string of the molecule is O=c1sc2cc(S(=O)(=O)NCCSCc3ccco3)ccc2n1Cc1ccc(Cl)cc1. The minimum absolute atomic E-state index is 0.137. The van der Waals surface area contributed by atoms with Gasteiger partial charge in [0.2, 0.25) is 10.0 Å². The molecule has 10 heteroatoms. The summed E-state index contributed by atoms with van der Waals surface area (Å²) in [7, 11) is -3.66. The summed E-state index contributed by atoms with van der Waals surface area (Å²) >= 11 is 8.54. The normalized spacial score (nSPS) is 11.9. The van der Waals surface area contributed by atoms with Crippen molar-refractivity contribution in [2.24, 2.45) is 0 Å². The van der Waals surface area contributed by atoms with Gasteiger partial charge in [0, 0.05) is 17.3 Å². The Hall–Kier alpha value is -2.04. The molecule has 2 aromatic carbocycles. The highest BCUT2D eigenvalue weighted by molar-refractivity contribution is 7.98. The van der Waals surface area contributed by atoms with Gasteiger partial charge >= 0.3 is 4.87 Å². The van der Waals surface area contributed by atoms with Crippen molar-refractivity contribution >= 4 is 54.9 Å². The number of hydrogen-bond donors (Lipinski definition) is 1. The topological polar surface area (TPSA) is 81.3 Å². The molecule has 0 saturated carbocycles. The van der Waals surface area contributed by atoms with Crippen LogP contribution in [-0.4, -0.2) is 25.3 Å². The smallest absolute Gasteiger partial charge is 0.308 e. The van der Waals surface area contributed by atoms with E-state index in [2.05, 4.69) is 4.72 Å². The predicted octanol–water partition coefficient (Wildman–Crippen LogP) is 4.57. The van der Waals surface area contributed by atoms with Crippen LogP contribution in [0.15, 0.2) is 75.0 Å². The van der Waals surface area contributed by atoms with Crippen LogP contribution in [0.3, 0.4) is 0 Å². The van der Waals surface area contributed by atoms with E-state index < -0.39 is 10.0 Å². The third kappa shape index (κ3) is 5.42. The fraction of sp³-hybridized carbons (Fsp3) is 0.190. The van der Waals surface area contributed by atoms with Gasteiger partial charge in [0.25, 0.3) is 0 Å². The lowest BCUT2D eigenvalue weighted by Crippen LogP contribution is -2.26. The zero-order valence-corrected chi connectivity index (χ0v) is 19.5. The maximum atomic E-state index is 12.7.